The summed E-state index contributed by atoms with van der Waals surface area (Å²) in [6.45, 7) is 1.85. The van der Waals surface area contributed by atoms with Gasteiger partial charge in [0.25, 0.3) is 0 Å². The number of methoxy groups -OCH3 is 2. The van der Waals surface area contributed by atoms with Crippen LogP contribution in [0.15, 0.2) is 42.5 Å². The van der Waals surface area contributed by atoms with Gasteiger partial charge in [0.1, 0.15) is 17.3 Å². The first kappa shape index (κ1) is 22.7. The molecule has 0 aliphatic carbocycles. The van der Waals surface area contributed by atoms with Crippen molar-refractivity contribution in [1.29, 1.82) is 0 Å². The van der Waals surface area contributed by atoms with Crippen molar-refractivity contribution in [3.05, 3.63) is 59.4 Å². The fourth-order valence-electron chi connectivity index (χ4n) is 2.68. The highest BCUT2D eigenvalue weighted by Gasteiger charge is 2.22. The molecule has 2 aromatic rings. The largest absolute Gasteiger partial charge is 0.497 e. The lowest BCUT2D eigenvalue weighted by Crippen LogP contribution is -2.31. The lowest BCUT2D eigenvalue weighted by molar-refractivity contribution is -0.121. The number of hydrogen-bond acceptors (Lipinski definition) is 4. The van der Waals surface area contributed by atoms with Crippen LogP contribution in [0.5, 0.6) is 11.5 Å². The van der Waals surface area contributed by atoms with E-state index in [-0.39, 0.29) is 30.8 Å². The van der Waals surface area contributed by atoms with Crippen LogP contribution in [0.1, 0.15) is 36.9 Å². The molecule has 0 saturated heterocycles. The van der Waals surface area contributed by atoms with E-state index >= 15 is 0 Å². The van der Waals surface area contributed by atoms with E-state index in [1.165, 1.54) is 19.2 Å². The zero-order valence-corrected chi connectivity index (χ0v) is 16.5. The maximum absolute atomic E-state index is 13.9. The fraction of sp³-hybridized carbons (Fsp3) is 0.350. The van der Waals surface area contributed by atoms with Gasteiger partial charge in [-0.2, -0.15) is 0 Å². The molecule has 148 valence electrons. The SMILES string of the molecule is COc1cccc(C(NC(=O)CCC(C)N)c2cc(F)ccc2OC)c1.Cl. The second-order valence-corrected chi connectivity index (χ2v) is 6.18. The number of amides is 1. The van der Waals surface area contributed by atoms with Crippen LogP contribution >= 0.6 is 12.4 Å². The third-order valence-electron chi connectivity index (χ3n) is 4.06. The van der Waals surface area contributed by atoms with Crippen molar-refractivity contribution in [1.82, 2.24) is 5.32 Å². The van der Waals surface area contributed by atoms with Crippen molar-refractivity contribution >= 4 is 18.3 Å². The molecule has 2 unspecified atom stereocenters. The summed E-state index contributed by atoms with van der Waals surface area (Å²) in [4.78, 5) is 12.4. The quantitative estimate of drug-likeness (QED) is 0.715. The first-order chi connectivity index (χ1) is 12.4. The first-order valence-electron chi connectivity index (χ1n) is 8.47. The third kappa shape index (κ3) is 6.41. The van der Waals surface area contributed by atoms with Crippen molar-refractivity contribution in [2.45, 2.75) is 31.8 Å². The predicted molar refractivity (Wildman–Crippen MR) is 106 cm³/mol. The number of nitrogens with one attached hydrogen (secondary N) is 1. The Kier molecular flexibility index (Phi) is 9.05. The van der Waals surface area contributed by atoms with Crippen LogP contribution in [0.2, 0.25) is 0 Å². The average Bonchev–Trinajstić information content (AvgIpc) is 2.64. The van der Waals surface area contributed by atoms with Gasteiger partial charge in [-0.15, -0.1) is 12.4 Å². The van der Waals surface area contributed by atoms with E-state index in [4.69, 9.17) is 15.2 Å². The number of carbonyl (C=O) groups is 1. The summed E-state index contributed by atoms with van der Waals surface area (Å²) in [7, 11) is 3.08. The first-order valence-corrected chi connectivity index (χ1v) is 8.47. The van der Waals surface area contributed by atoms with Gasteiger partial charge in [0, 0.05) is 18.0 Å². The molecule has 0 saturated carbocycles. The molecule has 2 atom stereocenters. The topological polar surface area (TPSA) is 73.6 Å². The van der Waals surface area contributed by atoms with Crippen molar-refractivity contribution in [2.24, 2.45) is 5.73 Å². The maximum Gasteiger partial charge on any atom is 0.220 e. The van der Waals surface area contributed by atoms with Gasteiger partial charge in [-0.25, -0.2) is 4.39 Å². The molecular weight excluding hydrogens is 371 g/mol. The molecule has 0 radical (unpaired) electrons. The maximum atomic E-state index is 13.9. The minimum absolute atomic E-state index is 0. The summed E-state index contributed by atoms with van der Waals surface area (Å²) in [6.07, 6.45) is 0.854. The molecule has 0 heterocycles. The molecule has 1 amide bonds. The van der Waals surface area contributed by atoms with Crippen LogP contribution < -0.4 is 20.5 Å². The number of halogens is 2. The van der Waals surface area contributed by atoms with Gasteiger partial charge in [-0.1, -0.05) is 12.1 Å². The van der Waals surface area contributed by atoms with Crippen molar-refractivity contribution in [3.8, 4) is 11.5 Å². The average molecular weight is 397 g/mol. The standard InChI is InChI=1S/C20H25FN2O3.ClH/c1-13(22)7-10-19(24)23-20(14-5-4-6-16(11-14)25-2)17-12-15(21)8-9-18(17)26-3;/h4-6,8-9,11-13,20H,7,10,22H2,1-3H3,(H,23,24);1H. The van der Waals surface area contributed by atoms with Crippen LogP contribution in [0, 0.1) is 5.82 Å². The molecule has 2 aromatic carbocycles. The number of hydrogen-bond donors (Lipinski definition) is 2. The van der Waals surface area contributed by atoms with Crippen molar-refractivity contribution in [2.75, 3.05) is 14.2 Å². The van der Waals surface area contributed by atoms with Gasteiger partial charge < -0.3 is 20.5 Å². The van der Waals surface area contributed by atoms with Gasteiger partial charge in [-0.05, 0) is 49.2 Å². The molecule has 0 aliphatic rings. The summed E-state index contributed by atoms with van der Waals surface area (Å²) in [5.74, 6) is 0.569. The molecule has 0 aliphatic heterocycles. The molecule has 27 heavy (non-hydrogen) atoms. The second-order valence-electron chi connectivity index (χ2n) is 6.18. The Bertz CT molecular complexity index is 756. The minimum Gasteiger partial charge on any atom is -0.497 e. The summed E-state index contributed by atoms with van der Waals surface area (Å²) in [5.41, 5.74) is 7.03. The molecule has 0 spiro atoms. The van der Waals surface area contributed by atoms with Gasteiger partial charge in [0.15, 0.2) is 0 Å². The van der Waals surface area contributed by atoms with E-state index in [1.54, 1.807) is 25.3 Å². The number of benzene rings is 2. The van der Waals surface area contributed by atoms with E-state index in [0.717, 1.165) is 5.56 Å². The van der Waals surface area contributed by atoms with Crippen molar-refractivity contribution in [3.63, 3.8) is 0 Å². The molecular formula is C20H26ClFN2O3. The Morgan fingerprint density at radius 2 is 1.93 bits per heavy atom. The zero-order valence-electron chi connectivity index (χ0n) is 15.7. The Labute approximate surface area is 165 Å². The van der Waals surface area contributed by atoms with Crippen LogP contribution in [0.4, 0.5) is 4.39 Å². The summed E-state index contributed by atoms with van der Waals surface area (Å²) < 4.78 is 24.5. The van der Waals surface area contributed by atoms with Gasteiger partial charge in [0.05, 0.1) is 20.3 Å². The lowest BCUT2D eigenvalue weighted by atomic mass is 9.97. The smallest absolute Gasteiger partial charge is 0.220 e. The fourth-order valence-corrected chi connectivity index (χ4v) is 2.68. The Balaban J connectivity index is 0.00000364. The Morgan fingerprint density at radius 1 is 1.19 bits per heavy atom. The highest BCUT2D eigenvalue weighted by atomic mass is 35.5. The summed E-state index contributed by atoms with van der Waals surface area (Å²) in [6, 6.07) is 10.9. The number of carbonyl (C=O) groups excluding carboxylic acids is 1. The number of rotatable bonds is 8. The van der Waals surface area contributed by atoms with Crippen molar-refractivity contribution < 1.29 is 18.7 Å². The molecule has 0 bridgehead atoms. The van der Waals surface area contributed by atoms with E-state index in [0.29, 0.717) is 23.5 Å². The van der Waals surface area contributed by atoms with Crippen LogP contribution in [-0.4, -0.2) is 26.2 Å². The molecule has 0 fully saturated rings. The highest BCUT2D eigenvalue weighted by molar-refractivity contribution is 5.85. The van der Waals surface area contributed by atoms with Crippen LogP contribution in [0.3, 0.4) is 0 Å². The van der Waals surface area contributed by atoms with E-state index in [1.807, 2.05) is 19.1 Å². The van der Waals surface area contributed by atoms with E-state index < -0.39 is 11.9 Å². The Hall–Kier alpha value is -2.31. The normalized spacial score (nSPS) is 12.5. The Morgan fingerprint density at radius 3 is 2.56 bits per heavy atom. The number of nitrogens with two attached hydrogens (primary N) is 1. The predicted octanol–water partition coefficient (Wildman–Crippen LogP) is 3.60. The molecule has 5 nitrogen and oxygen atoms in total. The minimum atomic E-state index is -0.573. The lowest BCUT2D eigenvalue weighted by Gasteiger charge is -2.22. The molecule has 7 heteroatoms. The van der Waals surface area contributed by atoms with E-state index in [2.05, 4.69) is 5.32 Å². The third-order valence-corrected chi connectivity index (χ3v) is 4.06. The summed E-state index contributed by atoms with van der Waals surface area (Å²) in [5, 5.41) is 2.96. The number of ether oxygens (including phenoxy) is 2. The summed E-state index contributed by atoms with van der Waals surface area (Å²) >= 11 is 0. The molecule has 2 rings (SSSR count). The molecule has 3 N–H and O–H groups in total. The second kappa shape index (κ2) is 10.7. The highest BCUT2D eigenvalue weighted by Crippen LogP contribution is 2.32. The van der Waals surface area contributed by atoms with Gasteiger partial charge >= 0.3 is 0 Å². The zero-order chi connectivity index (χ0) is 19.1. The molecule has 0 aromatic heterocycles. The van der Waals surface area contributed by atoms with Gasteiger partial charge in [-0.3, -0.25) is 4.79 Å². The monoisotopic (exact) mass is 396 g/mol. The van der Waals surface area contributed by atoms with Gasteiger partial charge in [0.2, 0.25) is 5.91 Å². The van der Waals surface area contributed by atoms with E-state index in [9.17, 15) is 9.18 Å². The van der Waals surface area contributed by atoms with Crippen LogP contribution in [0.25, 0.3) is 0 Å². The van der Waals surface area contributed by atoms with Crippen LogP contribution in [-0.2, 0) is 4.79 Å².